The predicted octanol–water partition coefficient (Wildman–Crippen LogP) is 2.18. The molecule has 2 heterocycles. The molecule has 3 rings (SSSR count). The minimum atomic E-state index is -0.424. The summed E-state index contributed by atoms with van der Waals surface area (Å²) in [6, 6.07) is 8.77. The van der Waals surface area contributed by atoms with Crippen LogP contribution in [0.25, 0.3) is 5.69 Å². The van der Waals surface area contributed by atoms with Crippen molar-refractivity contribution in [2.24, 2.45) is 5.10 Å². The van der Waals surface area contributed by atoms with Gasteiger partial charge < -0.3 is 5.11 Å². The van der Waals surface area contributed by atoms with Crippen molar-refractivity contribution in [3.05, 3.63) is 71.4 Å². The molecule has 1 aromatic carbocycles. The Morgan fingerprint density at radius 3 is 2.76 bits per heavy atom. The van der Waals surface area contributed by atoms with Crippen LogP contribution < -0.4 is 5.43 Å². The fraction of sp³-hybridized carbons (Fsp3) is 0.0588. The molecule has 0 aliphatic heterocycles. The normalized spacial score (nSPS) is 11.0. The molecule has 0 aliphatic carbocycles. The molecule has 3 aromatic rings. The van der Waals surface area contributed by atoms with Crippen molar-refractivity contribution in [1.29, 1.82) is 0 Å². The second-order valence-corrected chi connectivity index (χ2v) is 5.15. The molecule has 0 fully saturated rings. The van der Waals surface area contributed by atoms with Crippen LogP contribution in [0, 0.1) is 12.7 Å². The van der Waals surface area contributed by atoms with E-state index in [1.54, 1.807) is 25.3 Å². The number of carbonyl (C=O) groups excluding carboxylic acids is 1. The van der Waals surface area contributed by atoms with Crippen LogP contribution in [0.15, 0.2) is 53.9 Å². The van der Waals surface area contributed by atoms with E-state index in [0.29, 0.717) is 22.5 Å². The summed E-state index contributed by atoms with van der Waals surface area (Å²) in [6.07, 6.45) is 4.28. The second kappa shape index (κ2) is 6.91. The molecule has 0 saturated heterocycles. The van der Waals surface area contributed by atoms with Crippen molar-refractivity contribution >= 4 is 12.1 Å². The van der Waals surface area contributed by atoms with E-state index in [9.17, 15) is 14.3 Å². The monoisotopic (exact) mass is 339 g/mol. The molecule has 8 heteroatoms. The van der Waals surface area contributed by atoms with E-state index in [1.165, 1.54) is 41.4 Å². The number of nitrogens with zero attached hydrogens (tertiary/aromatic N) is 4. The number of halogens is 1. The van der Waals surface area contributed by atoms with Crippen LogP contribution >= 0.6 is 0 Å². The van der Waals surface area contributed by atoms with Gasteiger partial charge in [0.15, 0.2) is 0 Å². The lowest BCUT2D eigenvalue weighted by Crippen LogP contribution is -2.17. The first kappa shape index (κ1) is 16.3. The quantitative estimate of drug-likeness (QED) is 0.563. The summed E-state index contributed by atoms with van der Waals surface area (Å²) in [5.74, 6) is -0.970. The maximum Gasteiger partial charge on any atom is 0.272 e. The number of carbonyl (C=O) groups is 1. The Morgan fingerprint density at radius 2 is 2.08 bits per heavy atom. The molecule has 0 spiro atoms. The molecule has 7 nitrogen and oxygen atoms in total. The van der Waals surface area contributed by atoms with Gasteiger partial charge >= 0.3 is 0 Å². The highest BCUT2D eigenvalue weighted by molar-refractivity contribution is 5.94. The summed E-state index contributed by atoms with van der Waals surface area (Å²) in [5.41, 5.74) is 4.06. The number of nitrogens with one attached hydrogen (secondary N) is 1. The van der Waals surface area contributed by atoms with E-state index in [2.05, 4.69) is 20.6 Å². The van der Waals surface area contributed by atoms with Crippen molar-refractivity contribution < 1.29 is 14.3 Å². The van der Waals surface area contributed by atoms with Gasteiger partial charge in [0.2, 0.25) is 5.88 Å². The molecule has 0 bridgehead atoms. The number of hydrazone groups is 1. The summed E-state index contributed by atoms with van der Waals surface area (Å²) in [5, 5.41) is 18.3. The average Bonchev–Trinajstić information content (AvgIpc) is 2.91. The summed E-state index contributed by atoms with van der Waals surface area (Å²) in [4.78, 5) is 15.7. The third-order valence-electron chi connectivity index (χ3n) is 3.44. The van der Waals surface area contributed by atoms with E-state index in [1.807, 2.05) is 0 Å². The van der Waals surface area contributed by atoms with Crippen LogP contribution in [0.2, 0.25) is 0 Å². The summed E-state index contributed by atoms with van der Waals surface area (Å²) in [6.45, 7) is 1.68. The predicted molar refractivity (Wildman–Crippen MR) is 89.2 cm³/mol. The molecule has 0 radical (unpaired) electrons. The zero-order valence-electron chi connectivity index (χ0n) is 13.2. The van der Waals surface area contributed by atoms with E-state index in [0.717, 1.165) is 0 Å². The molecular weight excluding hydrogens is 325 g/mol. The van der Waals surface area contributed by atoms with Gasteiger partial charge in [-0.25, -0.2) is 14.5 Å². The summed E-state index contributed by atoms with van der Waals surface area (Å²) < 4.78 is 14.3. The Kier molecular flexibility index (Phi) is 4.51. The number of rotatable bonds is 4. The van der Waals surface area contributed by atoms with Crippen LogP contribution in [0.4, 0.5) is 4.39 Å². The van der Waals surface area contributed by atoms with Gasteiger partial charge in [0.05, 0.1) is 28.7 Å². The molecule has 0 aliphatic rings. The molecule has 25 heavy (non-hydrogen) atoms. The summed E-state index contributed by atoms with van der Waals surface area (Å²) >= 11 is 0. The molecule has 0 atom stereocenters. The van der Waals surface area contributed by atoms with Gasteiger partial charge in [-0.1, -0.05) is 0 Å². The average molecular weight is 339 g/mol. The van der Waals surface area contributed by atoms with Gasteiger partial charge in [-0.3, -0.25) is 9.78 Å². The van der Waals surface area contributed by atoms with Gasteiger partial charge in [0, 0.05) is 12.4 Å². The van der Waals surface area contributed by atoms with E-state index >= 15 is 0 Å². The highest BCUT2D eigenvalue weighted by atomic mass is 19.1. The first-order valence-electron chi connectivity index (χ1n) is 7.34. The Bertz CT molecular complexity index is 920. The van der Waals surface area contributed by atoms with Gasteiger partial charge in [-0.2, -0.15) is 10.2 Å². The largest absolute Gasteiger partial charge is 0.493 e. The van der Waals surface area contributed by atoms with Crippen LogP contribution in [-0.4, -0.2) is 32.0 Å². The molecule has 2 N–H and O–H groups in total. The minimum absolute atomic E-state index is 0.163. The van der Waals surface area contributed by atoms with Crippen LogP contribution in [-0.2, 0) is 0 Å². The van der Waals surface area contributed by atoms with E-state index in [4.69, 9.17) is 0 Å². The maximum absolute atomic E-state index is 13.0. The van der Waals surface area contributed by atoms with Crippen molar-refractivity contribution in [2.45, 2.75) is 6.92 Å². The standard InChI is InChI=1S/C17H14FN5O2/c1-11-15(10-20-21-16(24)12-3-2-8-19-9-12)17(25)23(22-11)14-6-4-13(18)5-7-14/h2-10,25H,1H3,(H,21,24). The lowest BCUT2D eigenvalue weighted by Gasteiger charge is -2.02. The van der Waals surface area contributed by atoms with Crippen LogP contribution in [0.1, 0.15) is 21.6 Å². The van der Waals surface area contributed by atoms with Crippen LogP contribution in [0.5, 0.6) is 5.88 Å². The lowest BCUT2D eigenvalue weighted by molar-refractivity contribution is 0.0954. The van der Waals surface area contributed by atoms with E-state index < -0.39 is 5.91 Å². The molecule has 0 saturated carbocycles. The number of hydrogen-bond acceptors (Lipinski definition) is 5. The maximum atomic E-state index is 13.0. The Labute approximate surface area is 142 Å². The molecule has 126 valence electrons. The fourth-order valence-electron chi connectivity index (χ4n) is 2.16. The third kappa shape index (κ3) is 3.52. The van der Waals surface area contributed by atoms with Gasteiger partial charge in [-0.15, -0.1) is 0 Å². The fourth-order valence-corrected chi connectivity index (χ4v) is 2.16. The van der Waals surface area contributed by atoms with Gasteiger partial charge in [0.1, 0.15) is 5.82 Å². The number of pyridine rings is 1. The van der Waals surface area contributed by atoms with Crippen molar-refractivity contribution in [3.63, 3.8) is 0 Å². The number of hydrogen-bond donors (Lipinski definition) is 2. The molecule has 1 amide bonds. The molecular formula is C17H14FN5O2. The Balaban J connectivity index is 1.79. The van der Waals surface area contributed by atoms with Gasteiger partial charge in [-0.05, 0) is 43.3 Å². The first-order valence-corrected chi connectivity index (χ1v) is 7.34. The second-order valence-electron chi connectivity index (χ2n) is 5.15. The number of benzene rings is 1. The SMILES string of the molecule is Cc1nn(-c2ccc(F)cc2)c(O)c1C=NNC(=O)c1cccnc1. The molecule has 0 unspecified atom stereocenters. The molecule has 2 aromatic heterocycles. The number of aromatic hydroxyl groups is 1. The zero-order chi connectivity index (χ0) is 17.8. The minimum Gasteiger partial charge on any atom is -0.493 e. The zero-order valence-corrected chi connectivity index (χ0v) is 13.2. The van der Waals surface area contributed by atoms with Crippen LogP contribution in [0.3, 0.4) is 0 Å². The smallest absolute Gasteiger partial charge is 0.272 e. The number of aromatic nitrogens is 3. The van der Waals surface area contributed by atoms with Crippen molar-refractivity contribution in [1.82, 2.24) is 20.2 Å². The first-order chi connectivity index (χ1) is 12.1. The van der Waals surface area contributed by atoms with Crippen molar-refractivity contribution in [2.75, 3.05) is 0 Å². The Hall–Kier alpha value is -3.55. The Morgan fingerprint density at radius 1 is 1.32 bits per heavy atom. The number of aryl methyl sites for hydroxylation is 1. The third-order valence-corrected chi connectivity index (χ3v) is 3.44. The van der Waals surface area contributed by atoms with Gasteiger partial charge in [0.25, 0.3) is 5.91 Å². The highest BCUT2D eigenvalue weighted by Crippen LogP contribution is 2.23. The van der Waals surface area contributed by atoms with E-state index in [-0.39, 0.29) is 11.7 Å². The highest BCUT2D eigenvalue weighted by Gasteiger charge is 2.14. The summed E-state index contributed by atoms with van der Waals surface area (Å²) in [7, 11) is 0. The lowest BCUT2D eigenvalue weighted by atomic mass is 10.2. The topological polar surface area (TPSA) is 92.4 Å². The number of amides is 1. The van der Waals surface area contributed by atoms with Crippen molar-refractivity contribution in [3.8, 4) is 11.6 Å².